The van der Waals surface area contributed by atoms with E-state index in [1.54, 1.807) is 28.8 Å². The maximum Gasteiger partial charge on any atom is 0.410 e. The van der Waals surface area contributed by atoms with Gasteiger partial charge in [-0.2, -0.15) is 0 Å². The molecule has 0 aliphatic rings. The SMILES string of the molecule is CCc1nc2c(-c3ccc(Cl)cc3Cl)nc(C)cn2c1NC(=O)O. The van der Waals surface area contributed by atoms with Gasteiger partial charge in [0.05, 0.1) is 16.4 Å². The van der Waals surface area contributed by atoms with Crippen LogP contribution in [0.2, 0.25) is 10.0 Å². The monoisotopic (exact) mass is 364 g/mol. The van der Waals surface area contributed by atoms with Gasteiger partial charge < -0.3 is 5.11 Å². The lowest BCUT2D eigenvalue weighted by Gasteiger charge is -2.09. The molecule has 124 valence electrons. The van der Waals surface area contributed by atoms with Gasteiger partial charge >= 0.3 is 6.09 Å². The third-order valence-electron chi connectivity index (χ3n) is 3.55. The maximum atomic E-state index is 11.1. The van der Waals surface area contributed by atoms with Gasteiger partial charge in [-0.15, -0.1) is 0 Å². The fourth-order valence-electron chi connectivity index (χ4n) is 2.56. The summed E-state index contributed by atoms with van der Waals surface area (Å²) >= 11 is 12.3. The molecule has 1 amide bonds. The average Bonchev–Trinajstić information content (AvgIpc) is 2.84. The molecule has 0 saturated heterocycles. The summed E-state index contributed by atoms with van der Waals surface area (Å²) in [7, 11) is 0. The number of carboxylic acid groups (broad SMARTS) is 1. The van der Waals surface area contributed by atoms with Crippen LogP contribution in [0, 0.1) is 6.92 Å². The Kier molecular flexibility index (Phi) is 4.34. The lowest BCUT2D eigenvalue weighted by Crippen LogP contribution is -2.11. The van der Waals surface area contributed by atoms with Gasteiger partial charge in [0.2, 0.25) is 0 Å². The van der Waals surface area contributed by atoms with E-state index in [0.717, 1.165) is 0 Å². The molecule has 0 saturated carbocycles. The first-order chi connectivity index (χ1) is 11.4. The molecule has 0 radical (unpaired) electrons. The van der Waals surface area contributed by atoms with Gasteiger partial charge in [-0.1, -0.05) is 30.1 Å². The van der Waals surface area contributed by atoms with Gasteiger partial charge in [-0.25, -0.2) is 14.8 Å². The van der Waals surface area contributed by atoms with E-state index in [1.165, 1.54) is 0 Å². The first kappa shape index (κ1) is 16.5. The number of imidazole rings is 1. The number of amides is 1. The number of hydrogen-bond acceptors (Lipinski definition) is 3. The third kappa shape index (κ3) is 2.90. The van der Waals surface area contributed by atoms with Crippen LogP contribution in [0.5, 0.6) is 0 Å². The average molecular weight is 365 g/mol. The number of benzene rings is 1. The highest BCUT2D eigenvalue weighted by molar-refractivity contribution is 6.36. The van der Waals surface area contributed by atoms with Crippen LogP contribution in [0.15, 0.2) is 24.4 Å². The predicted molar refractivity (Wildman–Crippen MR) is 94.2 cm³/mol. The van der Waals surface area contributed by atoms with Crippen molar-refractivity contribution in [3.63, 3.8) is 0 Å². The second kappa shape index (κ2) is 6.30. The van der Waals surface area contributed by atoms with E-state index < -0.39 is 6.09 Å². The zero-order valence-electron chi connectivity index (χ0n) is 13.0. The molecule has 2 aromatic heterocycles. The maximum absolute atomic E-state index is 11.1. The van der Waals surface area contributed by atoms with Crippen LogP contribution in [0.4, 0.5) is 10.6 Å². The Labute approximate surface area is 148 Å². The van der Waals surface area contributed by atoms with Crippen LogP contribution in [0.1, 0.15) is 18.3 Å². The minimum atomic E-state index is -1.15. The summed E-state index contributed by atoms with van der Waals surface area (Å²) < 4.78 is 1.69. The molecule has 3 aromatic rings. The van der Waals surface area contributed by atoms with Crippen molar-refractivity contribution in [1.82, 2.24) is 14.4 Å². The number of fused-ring (bicyclic) bond motifs is 1. The highest BCUT2D eigenvalue weighted by Gasteiger charge is 2.19. The zero-order chi connectivity index (χ0) is 17.4. The van der Waals surface area contributed by atoms with Gasteiger partial charge in [-0.05, 0) is 31.5 Å². The molecular formula is C16H14Cl2N4O2. The molecule has 24 heavy (non-hydrogen) atoms. The largest absolute Gasteiger partial charge is 0.465 e. The normalized spacial score (nSPS) is 11.0. The molecule has 8 heteroatoms. The molecule has 6 nitrogen and oxygen atoms in total. The van der Waals surface area contributed by atoms with E-state index in [1.807, 2.05) is 13.8 Å². The molecule has 0 atom stereocenters. The van der Waals surface area contributed by atoms with Crippen LogP contribution in [-0.2, 0) is 6.42 Å². The summed E-state index contributed by atoms with van der Waals surface area (Å²) in [4.78, 5) is 20.2. The summed E-state index contributed by atoms with van der Waals surface area (Å²) in [6.45, 7) is 3.73. The van der Waals surface area contributed by atoms with Gasteiger partial charge in [0.25, 0.3) is 0 Å². The second-order valence-electron chi connectivity index (χ2n) is 5.24. The van der Waals surface area contributed by atoms with Crippen molar-refractivity contribution in [1.29, 1.82) is 0 Å². The lowest BCUT2D eigenvalue weighted by molar-refractivity contribution is 0.209. The standard InChI is InChI=1S/C16H14Cl2N4O2/c1-3-12-14(21-16(23)24)22-7-8(2)19-13(15(22)20-12)10-5-4-9(17)6-11(10)18/h4-7,21H,3H2,1-2H3,(H,23,24). The number of aromatic nitrogens is 3. The topological polar surface area (TPSA) is 79.5 Å². The Bertz CT molecular complexity index is 953. The predicted octanol–water partition coefficient (Wildman–Crippen LogP) is 4.66. The van der Waals surface area contributed by atoms with Crippen molar-refractivity contribution < 1.29 is 9.90 Å². The molecule has 0 aliphatic heterocycles. The van der Waals surface area contributed by atoms with Crippen molar-refractivity contribution in [2.24, 2.45) is 0 Å². The zero-order valence-corrected chi connectivity index (χ0v) is 14.5. The number of hydrogen-bond donors (Lipinski definition) is 2. The minimum Gasteiger partial charge on any atom is -0.465 e. The van der Waals surface area contributed by atoms with Crippen LogP contribution in [-0.4, -0.2) is 25.6 Å². The second-order valence-corrected chi connectivity index (χ2v) is 6.08. The summed E-state index contributed by atoms with van der Waals surface area (Å²) in [6, 6.07) is 5.14. The molecular weight excluding hydrogens is 351 g/mol. The first-order valence-corrected chi connectivity index (χ1v) is 8.00. The molecule has 2 heterocycles. The van der Waals surface area contributed by atoms with Crippen molar-refractivity contribution in [3.05, 3.63) is 45.8 Å². The Morgan fingerprint density at radius 3 is 2.71 bits per heavy atom. The highest BCUT2D eigenvalue weighted by Crippen LogP contribution is 2.33. The number of carbonyl (C=O) groups is 1. The van der Waals surface area contributed by atoms with Gasteiger partial charge in [0.1, 0.15) is 11.5 Å². The van der Waals surface area contributed by atoms with Crippen molar-refractivity contribution in [2.45, 2.75) is 20.3 Å². The Morgan fingerprint density at radius 1 is 1.33 bits per heavy atom. The number of rotatable bonds is 3. The lowest BCUT2D eigenvalue weighted by atomic mass is 10.1. The van der Waals surface area contributed by atoms with Crippen LogP contribution >= 0.6 is 23.2 Å². The van der Waals surface area contributed by atoms with Crippen molar-refractivity contribution in [2.75, 3.05) is 5.32 Å². The summed E-state index contributed by atoms with van der Waals surface area (Å²) in [6.07, 6.45) is 1.16. The molecule has 0 bridgehead atoms. The summed E-state index contributed by atoms with van der Waals surface area (Å²) in [5, 5.41) is 12.5. The Morgan fingerprint density at radius 2 is 2.08 bits per heavy atom. The van der Waals surface area contributed by atoms with Crippen LogP contribution in [0.25, 0.3) is 16.9 Å². The molecule has 2 N–H and O–H groups in total. The molecule has 0 fully saturated rings. The van der Waals surface area contributed by atoms with Gasteiger partial charge in [0, 0.05) is 16.8 Å². The fourth-order valence-corrected chi connectivity index (χ4v) is 3.05. The van der Waals surface area contributed by atoms with E-state index in [4.69, 9.17) is 28.3 Å². The number of halogens is 2. The number of anilines is 1. The first-order valence-electron chi connectivity index (χ1n) is 7.24. The van der Waals surface area contributed by atoms with E-state index in [9.17, 15) is 4.79 Å². The number of nitrogens with zero attached hydrogens (tertiary/aromatic N) is 3. The molecule has 0 spiro atoms. The summed E-state index contributed by atoms with van der Waals surface area (Å²) in [5.74, 6) is 0.414. The van der Waals surface area contributed by atoms with E-state index in [0.29, 0.717) is 50.6 Å². The van der Waals surface area contributed by atoms with Gasteiger partial charge in [0.15, 0.2) is 5.65 Å². The quantitative estimate of drug-likeness (QED) is 0.707. The van der Waals surface area contributed by atoms with E-state index >= 15 is 0 Å². The molecule has 1 aromatic carbocycles. The van der Waals surface area contributed by atoms with E-state index in [-0.39, 0.29) is 0 Å². The molecule has 0 aliphatic carbocycles. The third-order valence-corrected chi connectivity index (χ3v) is 4.09. The highest BCUT2D eigenvalue weighted by atomic mass is 35.5. The number of nitrogens with one attached hydrogen (secondary N) is 1. The Balaban J connectivity index is 2.33. The van der Waals surface area contributed by atoms with Crippen LogP contribution in [0.3, 0.4) is 0 Å². The number of aryl methyl sites for hydroxylation is 2. The fraction of sp³-hybridized carbons (Fsp3) is 0.188. The van der Waals surface area contributed by atoms with Crippen molar-refractivity contribution in [3.8, 4) is 11.3 Å². The Hall–Kier alpha value is -2.31. The van der Waals surface area contributed by atoms with Crippen LogP contribution < -0.4 is 5.32 Å². The molecule has 3 rings (SSSR count). The van der Waals surface area contributed by atoms with Gasteiger partial charge in [-0.3, -0.25) is 9.72 Å². The minimum absolute atomic E-state index is 0.414. The molecule has 0 unspecified atom stereocenters. The smallest absolute Gasteiger partial charge is 0.410 e. The summed E-state index contributed by atoms with van der Waals surface area (Å²) in [5.41, 5.74) is 3.13. The van der Waals surface area contributed by atoms with Crippen molar-refractivity contribution >= 4 is 40.8 Å². The van der Waals surface area contributed by atoms with E-state index in [2.05, 4.69) is 15.3 Å².